The maximum atomic E-state index is 11.6. The van der Waals surface area contributed by atoms with E-state index in [0.29, 0.717) is 0 Å². The fraction of sp³-hybridized carbons (Fsp3) is 0.545. The van der Waals surface area contributed by atoms with E-state index in [1.807, 2.05) is 12.1 Å². The summed E-state index contributed by atoms with van der Waals surface area (Å²) < 4.78 is 34.7. The largest absolute Gasteiger partial charge is 1.00 e. The summed E-state index contributed by atoms with van der Waals surface area (Å²) in [6, 6.07) is 9.21. The molecule has 0 saturated carbocycles. The fourth-order valence-corrected chi connectivity index (χ4v) is 4.16. The molecule has 27 heavy (non-hydrogen) atoms. The van der Waals surface area contributed by atoms with E-state index in [9.17, 15) is 13.0 Å². The summed E-state index contributed by atoms with van der Waals surface area (Å²) >= 11 is 0. The van der Waals surface area contributed by atoms with Crippen LogP contribution >= 0.6 is 0 Å². The van der Waals surface area contributed by atoms with Gasteiger partial charge in [-0.05, 0) is 59.7 Å². The molecule has 0 fully saturated rings. The van der Waals surface area contributed by atoms with Gasteiger partial charge in [0.25, 0.3) is 0 Å². The second-order valence-corrected chi connectivity index (χ2v) is 8.55. The molecule has 0 radical (unpaired) electrons. The number of fused-ring (bicyclic) bond motifs is 1. The smallest absolute Gasteiger partial charge is 0.744 e. The molecule has 144 valence electrons. The molecule has 5 heteroatoms. The summed E-state index contributed by atoms with van der Waals surface area (Å²) in [5.41, 5.74) is 2.29. The number of unbranched alkanes of at least 4 members (excludes halogenated alkanes) is 6. The average molecular weight is 399 g/mol. The van der Waals surface area contributed by atoms with Crippen LogP contribution in [0.4, 0.5) is 0 Å². The molecular weight excluding hydrogens is 367 g/mol. The van der Waals surface area contributed by atoms with Crippen LogP contribution in [-0.4, -0.2) is 13.0 Å². The van der Waals surface area contributed by atoms with E-state index in [4.69, 9.17) is 0 Å². The number of hydrogen-bond donors (Lipinski definition) is 0. The van der Waals surface area contributed by atoms with Crippen LogP contribution in [0.2, 0.25) is 0 Å². The maximum absolute atomic E-state index is 11.6. The van der Waals surface area contributed by atoms with E-state index in [1.54, 1.807) is 12.1 Å². The van der Waals surface area contributed by atoms with Crippen molar-refractivity contribution < 1.29 is 42.5 Å². The van der Waals surface area contributed by atoms with Gasteiger partial charge in [0.2, 0.25) is 0 Å². The quantitative estimate of drug-likeness (QED) is 0.332. The van der Waals surface area contributed by atoms with Crippen molar-refractivity contribution in [3.8, 4) is 0 Å². The van der Waals surface area contributed by atoms with E-state index in [2.05, 4.69) is 19.9 Å². The molecule has 0 saturated heterocycles. The molecule has 0 N–H and O–H groups in total. The topological polar surface area (TPSA) is 57.2 Å². The molecule has 2 aromatic rings. The van der Waals surface area contributed by atoms with Crippen LogP contribution < -0.4 is 29.6 Å². The van der Waals surface area contributed by atoms with Crippen molar-refractivity contribution >= 4 is 20.9 Å². The first-order valence-electron chi connectivity index (χ1n) is 9.97. The van der Waals surface area contributed by atoms with Gasteiger partial charge in [-0.25, -0.2) is 8.42 Å². The van der Waals surface area contributed by atoms with Crippen LogP contribution in [-0.2, 0) is 23.0 Å². The Morgan fingerprint density at radius 2 is 1.41 bits per heavy atom. The summed E-state index contributed by atoms with van der Waals surface area (Å²) in [5, 5.41) is 2.04. The van der Waals surface area contributed by atoms with Crippen molar-refractivity contribution in [1.82, 2.24) is 0 Å². The summed E-state index contributed by atoms with van der Waals surface area (Å²) in [7, 11) is -4.44. The Hall–Kier alpha value is -0.390. The van der Waals surface area contributed by atoms with Gasteiger partial charge < -0.3 is 4.55 Å². The second-order valence-electron chi connectivity index (χ2n) is 7.17. The normalized spacial score (nSPS) is 11.5. The Balaban J connectivity index is 0.00000364. The van der Waals surface area contributed by atoms with Gasteiger partial charge in [-0.3, -0.25) is 0 Å². The molecular formula is C22H31NaO3S. The molecule has 0 spiro atoms. The van der Waals surface area contributed by atoms with Crippen LogP contribution in [0, 0.1) is 0 Å². The van der Waals surface area contributed by atoms with Crippen molar-refractivity contribution in [2.24, 2.45) is 0 Å². The average Bonchev–Trinajstić information content (AvgIpc) is 2.61. The van der Waals surface area contributed by atoms with E-state index in [1.165, 1.54) is 37.7 Å². The third-order valence-corrected chi connectivity index (χ3v) is 5.82. The van der Waals surface area contributed by atoms with Gasteiger partial charge in [0, 0.05) is 0 Å². The van der Waals surface area contributed by atoms with Crippen LogP contribution in [0.5, 0.6) is 0 Å². The van der Waals surface area contributed by atoms with Gasteiger partial charge in [0.15, 0.2) is 0 Å². The SMILES string of the molecule is CCCCCCc1cccc2cc(S(=O)(=O)[O-])cc(CCCCCC)c12.[Na+]. The van der Waals surface area contributed by atoms with Gasteiger partial charge >= 0.3 is 29.6 Å². The van der Waals surface area contributed by atoms with Crippen molar-refractivity contribution in [3.05, 3.63) is 41.5 Å². The molecule has 2 aromatic carbocycles. The number of rotatable bonds is 11. The predicted molar refractivity (Wildman–Crippen MR) is 108 cm³/mol. The Kier molecular flexibility index (Phi) is 11.2. The van der Waals surface area contributed by atoms with Crippen LogP contribution in [0.15, 0.2) is 35.2 Å². The summed E-state index contributed by atoms with van der Waals surface area (Å²) in [6.07, 6.45) is 11.1. The molecule has 0 aliphatic rings. The standard InChI is InChI=1S/C22H32O3S.Na/c1-3-5-7-9-12-18-14-11-15-20-17-21(26(23,24)25)16-19(22(18)20)13-10-8-6-4-2;/h11,14-17H,3-10,12-13H2,1-2H3,(H,23,24,25);/q;+1/p-1. The summed E-state index contributed by atoms with van der Waals surface area (Å²) in [5.74, 6) is 0. The summed E-state index contributed by atoms with van der Waals surface area (Å²) in [4.78, 5) is -0.0985. The third kappa shape index (κ3) is 7.51. The third-order valence-electron chi connectivity index (χ3n) is 5.01. The van der Waals surface area contributed by atoms with Crippen LogP contribution in [0.1, 0.15) is 76.3 Å². The van der Waals surface area contributed by atoms with E-state index < -0.39 is 10.1 Å². The minimum absolute atomic E-state index is 0. The Morgan fingerprint density at radius 3 is 1.96 bits per heavy atom. The molecule has 0 aliphatic heterocycles. The zero-order chi connectivity index (χ0) is 19.0. The molecule has 2 rings (SSSR count). The minimum atomic E-state index is -4.44. The summed E-state index contributed by atoms with van der Waals surface area (Å²) in [6.45, 7) is 4.38. The molecule has 3 nitrogen and oxygen atoms in total. The number of hydrogen-bond acceptors (Lipinski definition) is 3. The molecule has 0 aliphatic carbocycles. The van der Waals surface area contributed by atoms with Crippen LogP contribution in [0.3, 0.4) is 0 Å². The fourth-order valence-electron chi connectivity index (χ4n) is 3.61. The monoisotopic (exact) mass is 398 g/mol. The second kappa shape index (κ2) is 12.2. The van der Waals surface area contributed by atoms with Crippen LogP contribution in [0.25, 0.3) is 10.8 Å². The zero-order valence-electron chi connectivity index (χ0n) is 17.1. The van der Waals surface area contributed by atoms with Crippen molar-refractivity contribution in [3.63, 3.8) is 0 Å². The van der Waals surface area contributed by atoms with E-state index >= 15 is 0 Å². The Morgan fingerprint density at radius 1 is 0.815 bits per heavy atom. The predicted octanol–water partition coefficient (Wildman–Crippen LogP) is 2.99. The molecule has 0 bridgehead atoms. The Labute approximate surface area is 187 Å². The zero-order valence-corrected chi connectivity index (χ0v) is 19.9. The van der Waals surface area contributed by atoms with Crippen molar-refractivity contribution in [2.75, 3.05) is 0 Å². The molecule has 0 heterocycles. The van der Waals surface area contributed by atoms with Crippen molar-refractivity contribution in [1.29, 1.82) is 0 Å². The van der Waals surface area contributed by atoms with Crippen molar-refractivity contribution in [2.45, 2.75) is 83.0 Å². The first kappa shape index (κ1) is 24.6. The van der Waals surface area contributed by atoms with E-state index in [-0.39, 0.29) is 34.5 Å². The first-order chi connectivity index (χ1) is 12.5. The van der Waals surface area contributed by atoms with Gasteiger partial charge in [0.05, 0.1) is 4.90 Å². The number of benzene rings is 2. The van der Waals surface area contributed by atoms with Gasteiger partial charge in [-0.2, -0.15) is 0 Å². The molecule has 0 aromatic heterocycles. The van der Waals surface area contributed by atoms with Gasteiger partial charge in [-0.15, -0.1) is 0 Å². The molecule has 0 unspecified atom stereocenters. The minimum Gasteiger partial charge on any atom is -0.744 e. The first-order valence-corrected chi connectivity index (χ1v) is 11.4. The number of aryl methyl sites for hydroxylation is 2. The molecule has 0 atom stereocenters. The van der Waals surface area contributed by atoms with Gasteiger partial charge in [0.1, 0.15) is 10.1 Å². The molecule has 0 amide bonds. The Bertz CT molecular complexity index is 816. The maximum Gasteiger partial charge on any atom is 1.00 e. The van der Waals surface area contributed by atoms with Gasteiger partial charge in [-0.1, -0.05) is 70.6 Å². The van der Waals surface area contributed by atoms with E-state index in [0.717, 1.165) is 48.4 Å².